The molecule has 0 saturated carbocycles. The molecule has 0 spiro atoms. The highest BCUT2D eigenvalue weighted by atomic mass is 79.9. The van der Waals surface area contributed by atoms with Gasteiger partial charge in [-0.1, -0.05) is 15.9 Å². The topological polar surface area (TPSA) is 56.8 Å². The lowest BCUT2D eigenvalue weighted by atomic mass is 10.2. The second kappa shape index (κ2) is 6.83. The van der Waals surface area contributed by atoms with Crippen LogP contribution in [0, 0.1) is 0 Å². The van der Waals surface area contributed by atoms with Crippen LogP contribution < -0.4 is 14.8 Å². The fourth-order valence-corrected chi connectivity index (χ4v) is 1.98. The number of carbonyl (C=O) groups excluding carboxylic acids is 1. The molecule has 6 heteroatoms. The number of ether oxygens (including phenoxy) is 3. The molecule has 1 aromatic rings. The third kappa shape index (κ3) is 4.92. The predicted octanol–water partition coefficient (Wildman–Crippen LogP) is 3.49. The smallest absolute Gasteiger partial charge is 0.407 e. The van der Waals surface area contributed by atoms with Crippen molar-refractivity contribution in [3.63, 3.8) is 0 Å². The van der Waals surface area contributed by atoms with Crippen molar-refractivity contribution in [1.29, 1.82) is 0 Å². The third-order valence-electron chi connectivity index (χ3n) is 2.37. The summed E-state index contributed by atoms with van der Waals surface area (Å²) in [5.41, 5.74) is 0.354. The lowest BCUT2D eigenvalue weighted by molar-refractivity contribution is 0.0523. The molecule has 20 heavy (non-hydrogen) atoms. The lowest BCUT2D eigenvalue weighted by Crippen LogP contribution is -2.32. The summed E-state index contributed by atoms with van der Waals surface area (Å²) in [6.45, 7) is 5.78. The van der Waals surface area contributed by atoms with Gasteiger partial charge in [-0.15, -0.1) is 0 Å². The molecule has 1 N–H and O–H groups in total. The van der Waals surface area contributed by atoms with Gasteiger partial charge in [-0.2, -0.15) is 0 Å². The fourth-order valence-electron chi connectivity index (χ4n) is 1.51. The first kappa shape index (κ1) is 16.6. The number of nitrogens with one attached hydrogen (secondary N) is 1. The summed E-state index contributed by atoms with van der Waals surface area (Å²) in [5, 5.41) is 2.70. The minimum atomic E-state index is -0.515. The van der Waals surface area contributed by atoms with Gasteiger partial charge < -0.3 is 19.5 Å². The van der Waals surface area contributed by atoms with Gasteiger partial charge in [0.15, 0.2) is 11.5 Å². The van der Waals surface area contributed by atoms with E-state index in [1.807, 2.05) is 20.8 Å². The number of hydrogen-bond acceptors (Lipinski definition) is 4. The summed E-state index contributed by atoms with van der Waals surface area (Å²) in [7, 11) is 3.14. The first-order valence-electron chi connectivity index (χ1n) is 6.14. The van der Waals surface area contributed by atoms with Gasteiger partial charge in [0.25, 0.3) is 0 Å². The van der Waals surface area contributed by atoms with Crippen molar-refractivity contribution in [3.05, 3.63) is 22.2 Å². The quantitative estimate of drug-likeness (QED) is 0.907. The highest BCUT2D eigenvalue weighted by Gasteiger charge is 2.16. The normalized spacial score (nSPS) is 10.9. The molecule has 0 aliphatic heterocycles. The zero-order chi connectivity index (χ0) is 15.3. The Labute approximate surface area is 127 Å². The maximum absolute atomic E-state index is 11.6. The number of carbonyl (C=O) groups is 1. The average Bonchev–Trinajstić information content (AvgIpc) is 2.34. The summed E-state index contributed by atoms with van der Waals surface area (Å²) in [5.74, 6) is 1.23. The molecule has 0 unspecified atom stereocenters. The van der Waals surface area contributed by atoms with Crippen LogP contribution in [-0.4, -0.2) is 25.9 Å². The van der Waals surface area contributed by atoms with Crippen molar-refractivity contribution in [3.8, 4) is 11.5 Å². The maximum atomic E-state index is 11.6. The van der Waals surface area contributed by atoms with Crippen LogP contribution in [0.25, 0.3) is 0 Å². The van der Waals surface area contributed by atoms with Gasteiger partial charge in [0.1, 0.15) is 5.60 Å². The summed E-state index contributed by atoms with van der Waals surface area (Å²) in [6, 6.07) is 3.60. The Morgan fingerprint density at radius 1 is 1.20 bits per heavy atom. The summed E-state index contributed by atoms with van der Waals surface area (Å²) in [6.07, 6.45) is -0.459. The van der Waals surface area contributed by atoms with Gasteiger partial charge >= 0.3 is 6.09 Å². The van der Waals surface area contributed by atoms with E-state index >= 15 is 0 Å². The number of alkyl carbamates (subject to hydrolysis) is 1. The Balaban J connectivity index is 2.76. The van der Waals surface area contributed by atoms with Crippen molar-refractivity contribution < 1.29 is 19.0 Å². The average molecular weight is 346 g/mol. The van der Waals surface area contributed by atoms with Gasteiger partial charge in [0.05, 0.1) is 14.2 Å². The molecule has 1 amide bonds. The van der Waals surface area contributed by atoms with Gasteiger partial charge in [-0.25, -0.2) is 4.79 Å². The van der Waals surface area contributed by atoms with Crippen molar-refractivity contribution in [1.82, 2.24) is 5.32 Å². The van der Waals surface area contributed by atoms with Crippen molar-refractivity contribution in [2.45, 2.75) is 32.9 Å². The van der Waals surface area contributed by atoms with Gasteiger partial charge in [0, 0.05) is 11.0 Å². The minimum absolute atomic E-state index is 0.329. The number of halogens is 1. The third-order valence-corrected chi connectivity index (χ3v) is 3.11. The van der Waals surface area contributed by atoms with E-state index in [0.717, 1.165) is 10.0 Å². The molecule has 5 nitrogen and oxygen atoms in total. The Morgan fingerprint density at radius 3 is 2.25 bits per heavy atom. The minimum Gasteiger partial charge on any atom is -0.493 e. The van der Waals surface area contributed by atoms with Crippen LogP contribution in [0.4, 0.5) is 4.79 Å². The van der Waals surface area contributed by atoms with E-state index in [1.54, 1.807) is 26.4 Å². The van der Waals surface area contributed by atoms with Gasteiger partial charge in [-0.3, -0.25) is 0 Å². The molecular weight excluding hydrogens is 326 g/mol. The lowest BCUT2D eigenvalue weighted by Gasteiger charge is -2.20. The standard InChI is InChI=1S/C14H20BrNO4/c1-14(2,3)20-13(17)16-8-9-6-11(18-4)12(19-5)7-10(9)15/h6-7H,8H2,1-5H3,(H,16,17). The SMILES string of the molecule is COc1cc(Br)c(CNC(=O)OC(C)(C)C)cc1OC. The fraction of sp³-hybridized carbons (Fsp3) is 0.500. The Morgan fingerprint density at radius 2 is 1.75 bits per heavy atom. The molecule has 0 fully saturated rings. The highest BCUT2D eigenvalue weighted by Crippen LogP contribution is 2.33. The summed E-state index contributed by atoms with van der Waals surface area (Å²) in [4.78, 5) is 11.6. The summed E-state index contributed by atoms with van der Waals surface area (Å²) >= 11 is 3.44. The number of rotatable bonds is 4. The van der Waals surface area contributed by atoms with Crippen molar-refractivity contribution in [2.24, 2.45) is 0 Å². The zero-order valence-corrected chi connectivity index (χ0v) is 14.0. The maximum Gasteiger partial charge on any atom is 0.407 e. The Hall–Kier alpha value is -1.43. The van der Waals surface area contributed by atoms with Gasteiger partial charge in [-0.05, 0) is 38.5 Å². The largest absolute Gasteiger partial charge is 0.493 e. The van der Waals surface area contributed by atoms with E-state index in [0.29, 0.717) is 18.0 Å². The van der Waals surface area contributed by atoms with Crippen molar-refractivity contribution in [2.75, 3.05) is 14.2 Å². The van der Waals surface area contributed by atoms with Crippen LogP contribution in [-0.2, 0) is 11.3 Å². The highest BCUT2D eigenvalue weighted by molar-refractivity contribution is 9.10. The summed E-state index contributed by atoms with van der Waals surface area (Å²) < 4.78 is 16.4. The molecule has 0 heterocycles. The van der Waals surface area contributed by atoms with Crippen LogP contribution in [0.1, 0.15) is 26.3 Å². The van der Waals surface area contributed by atoms with Crippen LogP contribution in [0.15, 0.2) is 16.6 Å². The molecular formula is C14H20BrNO4. The van der Waals surface area contributed by atoms with Crippen LogP contribution in [0.2, 0.25) is 0 Å². The van der Waals surface area contributed by atoms with Crippen molar-refractivity contribution >= 4 is 22.0 Å². The van der Waals surface area contributed by atoms with E-state index in [1.165, 1.54) is 0 Å². The molecule has 0 bridgehead atoms. The van der Waals surface area contributed by atoms with E-state index < -0.39 is 11.7 Å². The first-order valence-corrected chi connectivity index (χ1v) is 6.93. The monoisotopic (exact) mass is 345 g/mol. The number of amides is 1. The Kier molecular flexibility index (Phi) is 5.68. The first-order chi connectivity index (χ1) is 9.26. The van der Waals surface area contributed by atoms with Crippen LogP contribution in [0.3, 0.4) is 0 Å². The predicted molar refractivity (Wildman–Crippen MR) is 80.3 cm³/mol. The molecule has 0 aromatic heterocycles. The Bertz CT molecular complexity index is 483. The van der Waals surface area contributed by atoms with E-state index in [9.17, 15) is 4.79 Å². The number of methoxy groups -OCH3 is 2. The second-order valence-electron chi connectivity index (χ2n) is 5.15. The molecule has 0 aliphatic rings. The van der Waals surface area contributed by atoms with E-state index in [2.05, 4.69) is 21.2 Å². The van der Waals surface area contributed by atoms with E-state index in [4.69, 9.17) is 14.2 Å². The second-order valence-corrected chi connectivity index (χ2v) is 6.01. The molecule has 0 saturated heterocycles. The van der Waals surface area contributed by atoms with Crippen LogP contribution >= 0.6 is 15.9 Å². The number of hydrogen-bond donors (Lipinski definition) is 1. The van der Waals surface area contributed by atoms with Crippen LogP contribution in [0.5, 0.6) is 11.5 Å². The van der Waals surface area contributed by atoms with Gasteiger partial charge in [0.2, 0.25) is 0 Å². The molecule has 1 rings (SSSR count). The molecule has 0 atom stereocenters. The number of benzene rings is 1. The molecule has 112 valence electrons. The van der Waals surface area contributed by atoms with E-state index in [-0.39, 0.29) is 0 Å². The zero-order valence-electron chi connectivity index (χ0n) is 12.4. The molecule has 0 radical (unpaired) electrons. The molecule has 0 aliphatic carbocycles. The molecule has 1 aromatic carbocycles.